The van der Waals surface area contributed by atoms with Crippen LogP contribution >= 0.6 is 11.8 Å². The minimum absolute atomic E-state index is 0.0513. The number of amides is 1. The van der Waals surface area contributed by atoms with Crippen LogP contribution in [0.5, 0.6) is 5.75 Å². The number of carbonyl (C=O) groups excluding carboxylic acids is 1. The fraction of sp³-hybridized carbons (Fsp3) is 0.286. The molecule has 0 unspecified atom stereocenters. The summed E-state index contributed by atoms with van der Waals surface area (Å²) in [5, 5.41) is 11.7. The van der Waals surface area contributed by atoms with Gasteiger partial charge in [0.2, 0.25) is 11.1 Å². The van der Waals surface area contributed by atoms with Crippen molar-refractivity contribution in [2.45, 2.75) is 31.0 Å². The number of benzene rings is 2. The van der Waals surface area contributed by atoms with Crippen LogP contribution in [0.2, 0.25) is 0 Å². The van der Waals surface area contributed by atoms with E-state index in [1.165, 1.54) is 22.0 Å². The smallest absolute Gasteiger partial charge is 0.230 e. The molecule has 0 fully saturated rings. The van der Waals surface area contributed by atoms with Gasteiger partial charge in [-0.2, -0.15) is 0 Å². The van der Waals surface area contributed by atoms with Gasteiger partial charge < -0.3 is 15.9 Å². The molecule has 2 aromatic carbocycles. The van der Waals surface area contributed by atoms with E-state index in [9.17, 15) is 4.79 Å². The summed E-state index contributed by atoms with van der Waals surface area (Å²) in [5.74, 6) is 7.58. The van der Waals surface area contributed by atoms with Crippen molar-refractivity contribution in [2.24, 2.45) is 0 Å². The van der Waals surface area contributed by atoms with E-state index in [4.69, 9.17) is 10.6 Å². The fourth-order valence-corrected chi connectivity index (χ4v) is 3.53. The summed E-state index contributed by atoms with van der Waals surface area (Å²) in [6.45, 7) is 2.01. The summed E-state index contributed by atoms with van der Waals surface area (Å²) in [5.41, 5.74) is 2.09. The zero-order valence-electron chi connectivity index (χ0n) is 16.5. The highest BCUT2D eigenvalue weighted by molar-refractivity contribution is 7.99. The summed E-state index contributed by atoms with van der Waals surface area (Å²) in [4.78, 5) is 12.3. The molecule has 0 aliphatic rings. The Hall–Kier alpha value is -3.00. The number of nitrogens with two attached hydrogens (primary N) is 1. The first kappa shape index (κ1) is 20.7. The van der Waals surface area contributed by atoms with Gasteiger partial charge in [-0.05, 0) is 49.6 Å². The Balaban J connectivity index is 1.49. The summed E-state index contributed by atoms with van der Waals surface area (Å²) < 4.78 is 6.56. The average Bonchev–Trinajstić information content (AvgIpc) is 3.12. The first-order chi connectivity index (χ1) is 14.1. The number of aromatic nitrogens is 3. The zero-order chi connectivity index (χ0) is 20.6. The summed E-state index contributed by atoms with van der Waals surface area (Å²) in [6.07, 6.45) is 1.81. The highest BCUT2D eigenvalue weighted by Gasteiger charge is 2.15. The predicted molar refractivity (Wildman–Crippen MR) is 115 cm³/mol. The number of nitrogens with zero attached hydrogens (tertiary/aromatic N) is 3. The summed E-state index contributed by atoms with van der Waals surface area (Å²) in [6, 6.07) is 17.7. The standard InChI is InChI=1S/C21H25N5O2S/c1-15(8-9-16-6-4-3-5-7-16)23-19(27)14-29-21-25-24-20(26(21)22)17-10-12-18(28-2)13-11-17/h3-7,10-13,15H,8-9,14,22H2,1-2H3,(H,23,27)/t15-/m1/s1. The topological polar surface area (TPSA) is 95.1 Å². The van der Waals surface area contributed by atoms with E-state index >= 15 is 0 Å². The average molecular weight is 412 g/mol. The van der Waals surface area contributed by atoms with Crippen LogP contribution in [-0.2, 0) is 11.2 Å². The number of thioether (sulfide) groups is 1. The number of hydrogen-bond acceptors (Lipinski definition) is 6. The second-order valence-corrected chi connectivity index (χ2v) is 7.63. The maximum absolute atomic E-state index is 12.3. The minimum atomic E-state index is -0.0513. The highest BCUT2D eigenvalue weighted by atomic mass is 32.2. The molecule has 3 N–H and O–H groups in total. The Morgan fingerprint density at radius 2 is 1.90 bits per heavy atom. The monoisotopic (exact) mass is 411 g/mol. The molecule has 1 atom stereocenters. The molecule has 0 saturated heterocycles. The van der Waals surface area contributed by atoms with Gasteiger partial charge in [-0.25, -0.2) is 4.68 Å². The predicted octanol–water partition coefficient (Wildman–Crippen LogP) is 2.90. The lowest BCUT2D eigenvalue weighted by atomic mass is 10.1. The van der Waals surface area contributed by atoms with Crippen LogP contribution in [0.1, 0.15) is 18.9 Å². The fourth-order valence-electron chi connectivity index (χ4n) is 2.86. The third kappa shape index (κ3) is 5.74. The summed E-state index contributed by atoms with van der Waals surface area (Å²) >= 11 is 1.26. The van der Waals surface area contributed by atoms with Crippen LogP contribution in [0.15, 0.2) is 59.8 Å². The van der Waals surface area contributed by atoms with Crippen molar-refractivity contribution in [1.82, 2.24) is 20.2 Å². The van der Waals surface area contributed by atoms with Crippen LogP contribution in [0.25, 0.3) is 11.4 Å². The number of ether oxygens (including phenoxy) is 1. The molecule has 0 saturated carbocycles. The van der Waals surface area contributed by atoms with Crippen LogP contribution < -0.4 is 15.9 Å². The summed E-state index contributed by atoms with van der Waals surface area (Å²) in [7, 11) is 1.61. The van der Waals surface area contributed by atoms with Crippen molar-refractivity contribution in [2.75, 3.05) is 18.7 Å². The van der Waals surface area contributed by atoms with E-state index in [2.05, 4.69) is 27.6 Å². The first-order valence-corrected chi connectivity index (χ1v) is 10.4. The maximum Gasteiger partial charge on any atom is 0.230 e. The molecule has 7 nitrogen and oxygen atoms in total. The van der Waals surface area contributed by atoms with Crippen LogP contribution in [0.3, 0.4) is 0 Å². The molecule has 0 bridgehead atoms. The van der Waals surface area contributed by atoms with E-state index in [0.717, 1.165) is 24.2 Å². The van der Waals surface area contributed by atoms with Crippen molar-refractivity contribution >= 4 is 17.7 Å². The van der Waals surface area contributed by atoms with Gasteiger partial charge in [0.1, 0.15) is 5.75 Å². The quantitative estimate of drug-likeness (QED) is 0.415. The molecule has 29 heavy (non-hydrogen) atoms. The Kier molecular flexibility index (Phi) is 7.13. The van der Waals surface area contributed by atoms with Crippen LogP contribution in [-0.4, -0.2) is 39.7 Å². The van der Waals surface area contributed by atoms with Gasteiger partial charge in [-0.3, -0.25) is 4.79 Å². The number of aryl methyl sites for hydroxylation is 1. The van der Waals surface area contributed by atoms with E-state index in [1.54, 1.807) is 7.11 Å². The first-order valence-electron chi connectivity index (χ1n) is 9.38. The van der Waals surface area contributed by atoms with Gasteiger partial charge in [0.25, 0.3) is 0 Å². The van der Waals surface area contributed by atoms with Gasteiger partial charge in [0.05, 0.1) is 12.9 Å². The Bertz CT molecular complexity index is 928. The van der Waals surface area contributed by atoms with Gasteiger partial charge in [0.15, 0.2) is 5.82 Å². The third-order valence-corrected chi connectivity index (χ3v) is 5.40. The van der Waals surface area contributed by atoms with Crippen molar-refractivity contribution in [3.63, 3.8) is 0 Å². The molecule has 1 heterocycles. The minimum Gasteiger partial charge on any atom is -0.497 e. The second kappa shape index (κ2) is 9.97. The molecule has 1 amide bonds. The van der Waals surface area contributed by atoms with Crippen molar-refractivity contribution < 1.29 is 9.53 Å². The molecule has 8 heteroatoms. The Morgan fingerprint density at radius 1 is 1.17 bits per heavy atom. The van der Waals surface area contributed by atoms with Crippen LogP contribution in [0, 0.1) is 0 Å². The second-order valence-electron chi connectivity index (χ2n) is 6.69. The van der Waals surface area contributed by atoms with Crippen molar-refractivity contribution in [3.8, 4) is 17.1 Å². The molecule has 152 valence electrons. The van der Waals surface area contributed by atoms with Crippen molar-refractivity contribution in [3.05, 3.63) is 60.2 Å². The largest absolute Gasteiger partial charge is 0.497 e. The van der Waals surface area contributed by atoms with Gasteiger partial charge in [0, 0.05) is 11.6 Å². The third-order valence-electron chi connectivity index (χ3n) is 4.46. The molecule has 0 aliphatic heterocycles. The molecule has 3 aromatic rings. The number of nitrogen functional groups attached to an aromatic ring is 1. The molecular formula is C21H25N5O2S. The van der Waals surface area contributed by atoms with E-state index in [-0.39, 0.29) is 17.7 Å². The molecule has 3 rings (SSSR count). The molecule has 0 spiro atoms. The maximum atomic E-state index is 12.3. The van der Waals surface area contributed by atoms with E-state index < -0.39 is 0 Å². The lowest BCUT2D eigenvalue weighted by Crippen LogP contribution is -2.34. The van der Waals surface area contributed by atoms with Gasteiger partial charge >= 0.3 is 0 Å². The number of carbonyl (C=O) groups is 1. The van der Waals surface area contributed by atoms with Gasteiger partial charge in [-0.1, -0.05) is 42.1 Å². The van der Waals surface area contributed by atoms with Gasteiger partial charge in [-0.15, -0.1) is 10.2 Å². The number of rotatable bonds is 9. The number of methoxy groups -OCH3 is 1. The van der Waals surface area contributed by atoms with E-state index in [1.807, 2.05) is 49.4 Å². The molecule has 0 radical (unpaired) electrons. The molecule has 1 aromatic heterocycles. The lowest BCUT2D eigenvalue weighted by molar-refractivity contribution is -0.119. The number of nitrogens with one attached hydrogen (secondary N) is 1. The number of hydrogen-bond donors (Lipinski definition) is 2. The zero-order valence-corrected chi connectivity index (χ0v) is 17.4. The highest BCUT2D eigenvalue weighted by Crippen LogP contribution is 2.23. The van der Waals surface area contributed by atoms with E-state index in [0.29, 0.717) is 11.0 Å². The Labute approximate surface area is 174 Å². The molecular weight excluding hydrogens is 386 g/mol. The van der Waals surface area contributed by atoms with Crippen molar-refractivity contribution in [1.29, 1.82) is 0 Å². The SMILES string of the molecule is COc1ccc(-c2nnc(SCC(=O)N[C@H](C)CCc3ccccc3)n2N)cc1. The normalized spacial score (nSPS) is 11.8. The lowest BCUT2D eigenvalue weighted by Gasteiger charge is -2.13. The Morgan fingerprint density at radius 3 is 2.59 bits per heavy atom. The molecule has 0 aliphatic carbocycles. The van der Waals surface area contributed by atoms with Crippen LogP contribution in [0.4, 0.5) is 0 Å².